The Morgan fingerprint density at radius 3 is 2.26 bits per heavy atom. The van der Waals surface area contributed by atoms with E-state index in [-0.39, 0.29) is 40.9 Å². The van der Waals surface area contributed by atoms with Gasteiger partial charge >= 0.3 is 17.9 Å². The number of nitrogens with one attached hydrogen (secondary N) is 1. The SMILES string of the molecule is CCOC(=O)C1=C(CSCC(C)N)NC(C)=C([N+](=O)[O-])C1c1cccc([N+](=O)[O-])c1.O=C(O)/C=C/C(=O)O. The molecule has 38 heavy (non-hydrogen) atoms. The number of hydrogen-bond donors (Lipinski definition) is 4. The molecule has 0 amide bonds. The van der Waals surface area contributed by atoms with Gasteiger partial charge < -0.3 is 26.0 Å². The number of nitro benzene ring substituents is 1. The predicted molar refractivity (Wildman–Crippen MR) is 138 cm³/mol. The second-order valence-corrected chi connectivity index (χ2v) is 8.82. The van der Waals surface area contributed by atoms with Crippen molar-refractivity contribution in [3.8, 4) is 0 Å². The standard InChI is InChI=1S/C19H24N4O6S.C4H4O4/c1-4-29-19(24)17-15(10-30-9-11(2)20)21-12(3)18(23(27)28)16(17)13-6-5-7-14(8-13)22(25)26;5-3(6)1-2-4(7)8/h5-8,11,16,21H,4,9-10,20H2,1-3H3;1-2H,(H,5,6)(H,7,8)/b;2-1+. The van der Waals surface area contributed by atoms with E-state index in [1.165, 1.54) is 36.0 Å². The van der Waals surface area contributed by atoms with E-state index in [4.69, 9.17) is 20.7 Å². The zero-order chi connectivity index (χ0) is 29.0. The van der Waals surface area contributed by atoms with E-state index in [1.807, 2.05) is 6.92 Å². The van der Waals surface area contributed by atoms with Gasteiger partial charge in [-0.15, -0.1) is 0 Å². The minimum atomic E-state index is -1.26. The molecule has 1 aromatic rings. The summed E-state index contributed by atoms with van der Waals surface area (Å²) in [7, 11) is 0. The Labute approximate surface area is 221 Å². The summed E-state index contributed by atoms with van der Waals surface area (Å²) >= 11 is 1.47. The molecule has 2 atom stereocenters. The van der Waals surface area contributed by atoms with Gasteiger partial charge in [0, 0.05) is 47.5 Å². The first-order chi connectivity index (χ1) is 17.8. The van der Waals surface area contributed by atoms with Gasteiger partial charge in [-0.05, 0) is 26.3 Å². The molecule has 0 spiro atoms. The lowest BCUT2D eigenvalue weighted by Gasteiger charge is -2.28. The highest BCUT2D eigenvalue weighted by Crippen LogP contribution is 2.40. The lowest BCUT2D eigenvalue weighted by molar-refractivity contribution is -0.431. The molecule has 1 aromatic carbocycles. The number of carbonyl (C=O) groups excluding carboxylic acids is 1. The number of dihydropyridines is 1. The number of carboxylic acid groups (broad SMARTS) is 2. The average Bonchev–Trinajstić information content (AvgIpc) is 2.82. The van der Waals surface area contributed by atoms with Gasteiger partial charge in [0.05, 0.1) is 27.7 Å². The van der Waals surface area contributed by atoms with E-state index in [2.05, 4.69) is 5.32 Å². The van der Waals surface area contributed by atoms with Gasteiger partial charge in [0.15, 0.2) is 0 Å². The van der Waals surface area contributed by atoms with Crippen molar-refractivity contribution in [3.63, 3.8) is 0 Å². The number of thioether (sulfide) groups is 1. The molecule has 0 aliphatic carbocycles. The molecule has 5 N–H and O–H groups in total. The van der Waals surface area contributed by atoms with Gasteiger partial charge in [-0.3, -0.25) is 20.2 Å². The number of carboxylic acids is 2. The molecule has 0 fully saturated rings. The number of benzene rings is 1. The van der Waals surface area contributed by atoms with Crippen molar-refractivity contribution < 1.29 is 39.2 Å². The van der Waals surface area contributed by atoms with Crippen LogP contribution in [-0.2, 0) is 19.1 Å². The fourth-order valence-corrected chi connectivity index (χ4v) is 4.24. The number of hydrogen-bond acceptors (Lipinski definition) is 11. The highest BCUT2D eigenvalue weighted by Gasteiger charge is 2.42. The largest absolute Gasteiger partial charge is 0.478 e. The van der Waals surface area contributed by atoms with Crippen molar-refractivity contribution in [1.29, 1.82) is 0 Å². The van der Waals surface area contributed by atoms with Crippen LogP contribution in [0.15, 0.2) is 59.1 Å². The zero-order valence-corrected chi connectivity index (χ0v) is 21.6. The molecule has 0 saturated carbocycles. The molecule has 1 aliphatic heterocycles. The van der Waals surface area contributed by atoms with Crippen LogP contribution >= 0.6 is 11.8 Å². The van der Waals surface area contributed by atoms with Crippen LogP contribution in [0.3, 0.4) is 0 Å². The highest BCUT2D eigenvalue weighted by molar-refractivity contribution is 7.99. The summed E-state index contributed by atoms with van der Waals surface area (Å²) in [5.74, 6) is -3.35. The van der Waals surface area contributed by atoms with Crippen LogP contribution in [0, 0.1) is 20.2 Å². The van der Waals surface area contributed by atoms with Crippen molar-refractivity contribution >= 4 is 35.4 Å². The summed E-state index contributed by atoms with van der Waals surface area (Å²) in [6.45, 7) is 5.11. The van der Waals surface area contributed by atoms with Gasteiger partial charge in [-0.2, -0.15) is 11.8 Å². The van der Waals surface area contributed by atoms with Crippen LogP contribution in [0.5, 0.6) is 0 Å². The molecule has 14 nitrogen and oxygen atoms in total. The van der Waals surface area contributed by atoms with E-state index >= 15 is 0 Å². The molecule has 0 saturated heterocycles. The Hall–Kier alpha value is -4.24. The number of esters is 1. The number of ether oxygens (including phenoxy) is 1. The maximum atomic E-state index is 12.8. The molecule has 15 heteroatoms. The third kappa shape index (κ3) is 9.67. The quantitative estimate of drug-likeness (QED) is 0.134. The van der Waals surface area contributed by atoms with Gasteiger partial charge in [0.1, 0.15) is 5.92 Å². The fourth-order valence-electron chi connectivity index (χ4n) is 3.32. The van der Waals surface area contributed by atoms with Crippen LogP contribution in [0.4, 0.5) is 5.69 Å². The Bertz CT molecular complexity index is 1160. The van der Waals surface area contributed by atoms with Gasteiger partial charge in [-0.1, -0.05) is 12.1 Å². The lowest BCUT2D eigenvalue weighted by Crippen LogP contribution is -2.33. The monoisotopic (exact) mass is 552 g/mol. The fraction of sp³-hybridized carbons (Fsp3) is 0.348. The van der Waals surface area contributed by atoms with E-state index in [1.54, 1.807) is 13.8 Å². The summed E-state index contributed by atoms with van der Waals surface area (Å²) in [5.41, 5.74) is 6.41. The Kier molecular flexibility index (Phi) is 12.6. The summed E-state index contributed by atoms with van der Waals surface area (Å²) in [4.78, 5) is 53.9. The number of allylic oxidation sites excluding steroid dienone is 2. The number of nitro groups is 2. The second-order valence-electron chi connectivity index (χ2n) is 7.79. The highest BCUT2D eigenvalue weighted by atomic mass is 32.2. The van der Waals surface area contributed by atoms with Crippen molar-refractivity contribution in [3.05, 3.63) is 84.9 Å². The van der Waals surface area contributed by atoms with Crippen molar-refractivity contribution in [2.75, 3.05) is 18.1 Å². The van der Waals surface area contributed by atoms with E-state index < -0.39 is 33.7 Å². The van der Waals surface area contributed by atoms with Gasteiger partial charge in [-0.25, -0.2) is 14.4 Å². The van der Waals surface area contributed by atoms with E-state index in [9.17, 15) is 34.6 Å². The van der Waals surface area contributed by atoms with Crippen molar-refractivity contribution in [2.45, 2.75) is 32.7 Å². The molecule has 2 rings (SSSR count). The summed E-state index contributed by atoms with van der Waals surface area (Å²) < 4.78 is 5.18. The summed E-state index contributed by atoms with van der Waals surface area (Å²) in [6.07, 6.45) is 1.12. The first-order valence-electron chi connectivity index (χ1n) is 11.0. The number of aliphatic carboxylic acids is 2. The minimum Gasteiger partial charge on any atom is -0.478 e. The topological polar surface area (TPSA) is 225 Å². The molecule has 206 valence electrons. The average molecular weight is 553 g/mol. The number of rotatable bonds is 11. The Morgan fingerprint density at radius 1 is 1.18 bits per heavy atom. The number of nitrogens with two attached hydrogens (primary N) is 1. The third-order valence-electron chi connectivity index (χ3n) is 4.71. The number of carbonyl (C=O) groups is 3. The smallest absolute Gasteiger partial charge is 0.337 e. The van der Waals surface area contributed by atoms with Gasteiger partial charge in [0.25, 0.3) is 11.4 Å². The predicted octanol–water partition coefficient (Wildman–Crippen LogP) is 2.40. The normalized spacial score (nSPS) is 15.7. The van der Waals surface area contributed by atoms with E-state index in [0.29, 0.717) is 29.4 Å². The first-order valence-corrected chi connectivity index (χ1v) is 12.2. The maximum Gasteiger partial charge on any atom is 0.337 e. The Morgan fingerprint density at radius 2 is 1.79 bits per heavy atom. The van der Waals surface area contributed by atoms with Gasteiger partial charge in [0.2, 0.25) is 0 Å². The second kappa shape index (κ2) is 15.1. The van der Waals surface area contributed by atoms with Crippen LogP contribution in [0.2, 0.25) is 0 Å². The van der Waals surface area contributed by atoms with Crippen LogP contribution in [-0.4, -0.2) is 62.1 Å². The molecule has 2 unspecified atom stereocenters. The summed E-state index contributed by atoms with van der Waals surface area (Å²) in [6, 6.07) is 5.45. The molecule has 1 heterocycles. The van der Waals surface area contributed by atoms with Crippen LogP contribution < -0.4 is 11.1 Å². The van der Waals surface area contributed by atoms with E-state index in [0.717, 1.165) is 0 Å². The summed E-state index contributed by atoms with van der Waals surface area (Å²) in [5, 5.41) is 41.7. The zero-order valence-electron chi connectivity index (χ0n) is 20.8. The van der Waals surface area contributed by atoms with Crippen LogP contribution in [0.1, 0.15) is 32.3 Å². The third-order valence-corrected chi connectivity index (χ3v) is 5.97. The minimum absolute atomic E-state index is 0.0659. The molecule has 0 aromatic heterocycles. The number of nitrogens with zero attached hydrogens (tertiary/aromatic N) is 2. The maximum absolute atomic E-state index is 12.8. The van der Waals surface area contributed by atoms with Crippen LogP contribution in [0.25, 0.3) is 0 Å². The van der Waals surface area contributed by atoms with Crippen molar-refractivity contribution in [1.82, 2.24) is 5.32 Å². The lowest BCUT2D eigenvalue weighted by atomic mass is 9.84. The first kappa shape index (κ1) is 31.8. The number of non-ortho nitro benzene ring substituents is 1. The Balaban J connectivity index is 0.000000781. The molecule has 0 radical (unpaired) electrons. The molecule has 1 aliphatic rings. The molecular weight excluding hydrogens is 524 g/mol. The van der Waals surface area contributed by atoms with Crippen molar-refractivity contribution in [2.24, 2.45) is 5.73 Å². The molecular formula is C23H28N4O10S. The molecule has 0 bridgehead atoms.